The molecule has 1 fully saturated rings. The van der Waals surface area contributed by atoms with Crippen molar-refractivity contribution in [3.05, 3.63) is 53.2 Å². The summed E-state index contributed by atoms with van der Waals surface area (Å²) >= 11 is 3.14. The third-order valence-corrected chi connectivity index (χ3v) is 6.96. The van der Waals surface area contributed by atoms with Crippen LogP contribution in [0.1, 0.15) is 23.6 Å². The number of hydrogen-bond donors (Lipinski definition) is 0. The molecule has 4 aromatic rings. The van der Waals surface area contributed by atoms with Crippen LogP contribution in [0.3, 0.4) is 0 Å². The van der Waals surface area contributed by atoms with E-state index in [0.717, 1.165) is 40.3 Å². The van der Waals surface area contributed by atoms with Gasteiger partial charge in [-0.05, 0) is 36.9 Å². The predicted octanol–water partition coefficient (Wildman–Crippen LogP) is 4.38. The molecule has 0 aliphatic carbocycles. The molecule has 1 aromatic carbocycles. The number of nitrogens with zero attached hydrogens (tertiary/aromatic N) is 6. The maximum absolute atomic E-state index is 5.94. The number of thioether (sulfide) groups is 1. The van der Waals surface area contributed by atoms with Crippen molar-refractivity contribution in [3.63, 3.8) is 0 Å². The fourth-order valence-electron chi connectivity index (χ4n) is 3.44. The number of rotatable bonds is 6. The lowest BCUT2D eigenvalue weighted by atomic mass is 10.2. The van der Waals surface area contributed by atoms with E-state index in [1.807, 2.05) is 36.6 Å². The number of anilines is 1. The maximum atomic E-state index is 5.94. The highest BCUT2D eigenvalue weighted by Crippen LogP contribution is 2.38. The number of para-hydroxylation sites is 1. The molecule has 8 nitrogen and oxygen atoms in total. The normalized spacial score (nSPS) is 15.4. The molecule has 0 radical (unpaired) electrons. The minimum absolute atomic E-state index is 0.0780. The van der Waals surface area contributed by atoms with Gasteiger partial charge in [0.2, 0.25) is 11.8 Å². The molecule has 5 rings (SSSR count). The van der Waals surface area contributed by atoms with E-state index in [1.54, 1.807) is 23.1 Å². The van der Waals surface area contributed by atoms with Crippen molar-refractivity contribution in [2.24, 2.45) is 0 Å². The van der Waals surface area contributed by atoms with Crippen LogP contribution in [0.5, 0.6) is 0 Å². The zero-order valence-electron chi connectivity index (χ0n) is 17.3. The number of benzene rings is 1. The van der Waals surface area contributed by atoms with Crippen LogP contribution in [0.2, 0.25) is 0 Å². The lowest BCUT2D eigenvalue weighted by Gasteiger charge is -2.28. The van der Waals surface area contributed by atoms with E-state index in [4.69, 9.17) is 9.15 Å². The van der Waals surface area contributed by atoms with Gasteiger partial charge in [-0.1, -0.05) is 36.0 Å². The monoisotopic (exact) mass is 454 g/mol. The van der Waals surface area contributed by atoms with Crippen LogP contribution in [0, 0.1) is 6.92 Å². The van der Waals surface area contributed by atoms with Gasteiger partial charge in [0.15, 0.2) is 5.16 Å². The summed E-state index contributed by atoms with van der Waals surface area (Å²) in [5, 5.41) is 20.3. The quantitative estimate of drug-likeness (QED) is 0.397. The van der Waals surface area contributed by atoms with E-state index in [9.17, 15) is 0 Å². The van der Waals surface area contributed by atoms with Gasteiger partial charge in [0.05, 0.1) is 29.0 Å². The highest BCUT2D eigenvalue weighted by Gasteiger charge is 2.25. The van der Waals surface area contributed by atoms with Crippen molar-refractivity contribution < 1.29 is 9.15 Å². The topological polar surface area (TPSA) is 82.1 Å². The van der Waals surface area contributed by atoms with Gasteiger partial charge in [-0.2, -0.15) is 0 Å². The molecule has 1 aliphatic heterocycles. The first kappa shape index (κ1) is 20.2. The fraction of sp³-hybridized carbons (Fsp3) is 0.333. The number of hydrogen-bond acceptors (Lipinski definition) is 9. The number of aromatic nitrogens is 5. The van der Waals surface area contributed by atoms with E-state index < -0.39 is 0 Å². The van der Waals surface area contributed by atoms with Gasteiger partial charge >= 0.3 is 0 Å². The van der Waals surface area contributed by atoms with Gasteiger partial charge < -0.3 is 14.1 Å². The van der Waals surface area contributed by atoms with Crippen LogP contribution < -0.4 is 4.90 Å². The molecule has 0 unspecified atom stereocenters. The molecule has 0 spiro atoms. The summed E-state index contributed by atoms with van der Waals surface area (Å²) in [6.45, 7) is 7.10. The van der Waals surface area contributed by atoms with Crippen molar-refractivity contribution in [3.8, 4) is 16.5 Å². The van der Waals surface area contributed by atoms with Crippen LogP contribution in [0.4, 0.5) is 5.95 Å². The van der Waals surface area contributed by atoms with Crippen LogP contribution >= 0.6 is 23.1 Å². The Morgan fingerprint density at radius 3 is 2.65 bits per heavy atom. The summed E-state index contributed by atoms with van der Waals surface area (Å²) in [6, 6.07) is 12.2. The third-order valence-electron chi connectivity index (χ3n) is 5.07. The van der Waals surface area contributed by atoms with E-state index >= 15 is 0 Å². The molecule has 0 N–H and O–H groups in total. The predicted molar refractivity (Wildman–Crippen MR) is 121 cm³/mol. The Balaban J connectivity index is 1.47. The summed E-state index contributed by atoms with van der Waals surface area (Å²) in [7, 11) is 0. The van der Waals surface area contributed by atoms with E-state index in [0.29, 0.717) is 25.0 Å². The molecule has 160 valence electrons. The molecule has 1 aliphatic rings. The molecular formula is C21H22N6O2S2. The highest BCUT2D eigenvalue weighted by atomic mass is 32.2. The average molecular weight is 455 g/mol. The zero-order chi connectivity index (χ0) is 21.2. The Bertz CT molecular complexity index is 1150. The number of thiophene rings is 1. The molecule has 0 saturated carbocycles. The SMILES string of the molecule is Cc1ccccc1-n1c(S[C@@H](C)c2nnc(-c3cccs3)o2)nnc1N1CCOCC1. The minimum Gasteiger partial charge on any atom is -0.419 e. The Labute approximate surface area is 188 Å². The smallest absolute Gasteiger partial charge is 0.257 e. The van der Waals surface area contributed by atoms with Crippen molar-refractivity contribution in [2.45, 2.75) is 24.3 Å². The summed E-state index contributed by atoms with van der Waals surface area (Å²) in [6.07, 6.45) is 0. The van der Waals surface area contributed by atoms with Crippen molar-refractivity contribution in [1.82, 2.24) is 25.0 Å². The van der Waals surface area contributed by atoms with Crippen molar-refractivity contribution in [1.29, 1.82) is 0 Å². The molecule has 4 heterocycles. The van der Waals surface area contributed by atoms with Crippen molar-refractivity contribution >= 4 is 29.0 Å². The second kappa shape index (κ2) is 8.81. The van der Waals surface area contributed by atoms with Crippen LogP contribution in [-0.2, 0) is 4.74 Å². The van der Waals surface area contributed by atoms with E-state index in [2.05, 4.69) is 48.9 Å². The molecule has 0 bridgehead atoms. The number of ether oxygens (including phenoxy) is 1. The fourth-order valence-corrected chi connectivity index (χ4v) is 4.97. The highest BCUT2D eigenvalue weighted by molar-refractivity contribution is 7.99. The van der Waals surface area contributed by atoms with Crippen molar-refractivity contribution in [2.75, 3.05) is 31.2 Å². The van der Waals surface area contributed by atoms with Gasteiger partial charge in [0, 0.05) is 13.1 Å². The molecule has 1 atom stereocenters. The second-order valence-corrected chi connectivity index (χ2v) is 9.44. The summed E-state index contributed by atoms with van der Waals surface area (Å²) in [5.74, 6) is 1.95. The van der Waals surface area contributed by atoms with Gasteiger partial charge in [-0.25, -0.2) is 0 Å². The summed E-state index contributed by atoms with van der Waals surface area (Å²) in [5.41, 5.74) is 2.22. The maximum Gasteiger partial charge on any atom is 0.257 e. The molecule has 31 heavy (non-hydrogen) atoms. The lowest BCUT2D eigenvalue weighted by molar-refractivity contribution is 0.122. The Hall–Kier alpha value is -2.69. The first-order chi connectivity index (χ1) is 15.2. The Morgan fingerprint density at radius 1 is 1.03 bits per heavy atom. The molecule has 10 heteroatoms. The lowest BCUT2D eigenvalue weighted by Crippen LogP contribution is -2.38. The Kier molecular flexibility index (Phi) is 5.75. The largest absolute Gasteiger partial charge is 0.419 e. The Morgan fingerprint density at radius 2 is 1.87 bits per heavy atom. The van der Waals surface area contributed by atoms with E-state index in [-0.39, 0.29) is 5.25 Å². The summed E-state index contributed by atoms with van der Waals surface area (Å²) < 4.78 is 13.6. The van der Waals surface area contributed by atoms with Crippen LogP contribution in [0.25, 0.3) is 16.5 Å². The first-order valence-electron chi connectivity index (χ1n) is 10.1. The van der Waals surface area contributed by atoms with Gasteiger partial charge in [0.1, 0.15) is 0 Å². The zero-order valence-corrected chi connectivity index (χ0v) is 18.9. The second-order valence-electron chi connectivity index (χ2n) is 7.19. The van der Waals surface area contributed by atoms with Gasteiger partial charge in [0.25, 0.3) is 5.89 Å². The average Bonchev–Trinajstić information content (AvgIpc) is 3.55. The number of aryl methyl sites for hydroxylation is 1. The standard InChI is InChI=1S/C21H22N6O2S2/c1-14-6-3-4-7-16(14)27-20(26-9-11-28-12-10-26)24-25-21(27)31-15(2)18-22-23-19(29-18)17-8-5-13-30-17/h3-8,13,15H,9-12H2,1-2H3/t15-/m0/s1. The first-order valence-corrected chi connectivity index (χ1v) is 11.8. The third kappa shape index (κ3) is 4.10. The van der Waals surface area contributed by atoms with Crippen LogP contribution in [-0.4, -0.2) is 51.3 Å². The molecule has 0 amide bonds. The number of morpholine rings is 1. The summed E-state index contributed by atoms with van der Waals surface area (Å²) in [4.78, 5) is 3.19. The minimum atomic E-state index is -0.0780. The van der Waals surface area contributed by atoms with Gasteiger partial charge in [-0.15, -0.1) is 31.7 Å². The molecular weight excluding hydrogens is 432 g/mol. The van der Waals surface area contributed by atoms with Crippen LogP contribution in [0.15, 0.2) is 51.4 Å². The molecule has 1 saturated heterocycles. The van der Waals surface area contributed by atoms with E-state index in [1.165, 1.54) is 0 Å². The molecule has 3 aromatic heterocycles. The van der Waals surface area contributed by atoms with Gasteiger partial charge in [-0.3, -0.25) is 4.57 Å².